The lowest BCUT2D eigenvalue weighted by Crippen LogP contribution is -2.39. The Bertz CT molecular complexity index is 544. The predicted molar refractivity (Wildman–Crippen MR) is 70.0 cm³/mol. The minimum absolute atomic E-state index is 0.112. The Hall–Kier alpha value is -1.80. The van der Waals surface area contributed by atoms with Gasteiger partial charge in [-0.25, -0.2) is 0 Å². The van der Waals surface area contributed by atoms with E-state index in [4.69, 9.17) is 0 Å². The van der Waals surface area contributed by atoms with E-state index in [0.29, 0.717) is 5.69 Å². The molecule has 1 unspecified atom stereocenters. The third-order valence-electron chi connectivity index (χ3n) is 2.97. The van der Waals surface area contributed by atoms with Crippen molar-refractivity contribution in [1.29, 1.82) is 0 Å². The highest BCUT2D eigenvalue weighted by Crippen LogP contribution is 2.18. The van der Waals surface area contributed by atoms with Gasteiger partial charge in [-0.05, 0) is 19.1 Å². The number of aliphatic hydroxyl groups excluding tert-OH is 4. The standard InChI is InChI=1S/C13H17N3O4/c1-8(17)11(18)13(20)12(19)10-7-14-16(15-10)9-5-3-2-4-6-9/h2-8,11-13,17-20H,1H3/t8-,11+,12?,13+/m0/s1. The summed E-state index contributed by atoms with van der Waals surface area (Å²) in [5.41, 5.74) is 0.817. The van der Waals surface area contributed by atoms with Crippen LogP contribution in [0.2, 0.25) is 0 Å². The van der Waals surface area contributed by atoms with E-state index >= 15 is 0 Å². The fourth-order valence-electron chi connectivity index (χ4n) is 1.74. The van der Waals surface area contributed by atoms with Crippen LogP contribution in [0, 0.1) is 0 Å². The maximum absolute atomic E-state index is 9.93. The molecule has 4 N–H and O–H groups in total. The fourth-order valence-corrected chi connectivity index (χ4v) is 1.74. The van der Waals surface area contributed by atoms with Crippen molar-refractivity contribution in [2.24, 2.45) is 0 Å². The summed E-state index contributed by atoms with van der Waals surface area (Å²) in [5.74, 6) is 0. The Labute approximate surface area is 115 Å². The van der Waals surface area contributed by atoms with Crippen LogP contribution in [0.1, 0.15) is 18.7 Å². The summed E-state index contributed by atoms with van der Waals surface area (Å²) in [7, 11) is 0. The second-order valence-electron chi connectivity index (χ2n) is 4.56. The van der Waals surface area contributed by atoms with E-state index in [1.54, 1.807) is 12.1 Å². The van der Waals surface area contributed by atoms with Crippen LogP contribution in [0.5, 0.6) is 0 Å². The zero-order valence-corrected chi connectivity index (χ0v) is 10.9. The molecule has 7 nitrogen and oxygen atoms in total. The van der Waals surface area contributed by atoms with Crippen molar-refractivity contribution in [3.05, 3.63) is 42.2 Å². The molecule has 0 bridgehead atoms. The van der Waals surface area contributed by atoms with Gasteiger partial charge < -0.3 is 20.4 Å². The van der Waals surface area contributed by atoms with E-state index in [1.807, 2.05) is 18.2 Å². The molecule has 1 aromatic carbocycles. The number of nitrogens with zero attached hydrogens (tertiary/aromatic N) is 3. The zero-order valence-electron chi connectivity index (χ0n) is 10.9. The lowest BCUT2D eigenvalue weighted by atomic mass is 10.0. The molecule has 1 aromatic heterocycles. The van der Waals surface area contributed by atoms with Crippen LogP contribution in [0.4, 0.5) is 0 Å². The molecule has 0 aliphatic rings. The molecule has 0 amide bonds. The summed E-state index contributed by atoms with van der Waals surface area (Å²) in [5, 5.41) is 46.5. The van der Waals surface area contributed by atoms with Gasteiger partial charge in [0.1, 0.15) is 24.0 Å². The van der Waals surface area contributed by atoms with Crippen LogP contribution in [0.3, 0.4) is 0 Å². The third-order valence-corrected chi connectivity index (χ3v) is 2.97. The highest BCUT2D eigenvalue weighted by Gasteiger charge is 2.30. The first-order valence-corrected chi connectivity index (χ1v) is 6.20. The lowest BCUT2D eigenvalue weighted by Gasteiger charge is -2.23. The van der Waals surface area contributed by atoms with Crippen molar-refractivity contribution in [3.63, 3.8) is 0 Å². The highest BCUT2D eigenvalue weighted by atomic mass is 16.4. The van der Waals surface area contributed by atoms with Crippen LogP contribution < -0.4 is 0 Å². The predicted octanol–water partition coefficient (Wildman–Crippen LogP) is -0.597. The number of para-hydroxylation sites is 1. The Morgan fingerprint density at radius 1 is 1.00 bits per heavy atom. The zero-order chi connectivity index (χ0) is 14.7. The molecule has 0 aliphatic carbocycles. The first-order chi connectivity index (χ1) is 9.50. The van der Waals surface area contributed by atoms with Gasteiger partial charge in [0.25, 0.3) is 0 Å². The molecule has 7 heteroatoms. The van der Waals surface area contributed by atoms with Crippen molar-refractivity contribution in [3.8, 4) is 5.69 Å². The van der Waals surface area contributed by atoms with Crippen molar-refractivity contribution in [2.75, 3.05) is 0 Å². The van der Waals surface area contributed by atoms with Gasteiger partial charge in [0.15, 0.2) is 0 Å². The van der Waals surface area contributed by atoms with Gasteiger partial charge in [-0.1, -0.05) is 18.2 Å². The first kappa shape index (κ1) is 14.6. The summed E-state index contributed by atoms with van der Waals surface area (Å²) in [6, 6.07) is 9.07. The van der Waals surface area contributed by atoms with Crippen molar-refractivity contribution in [2.45, 2.75) is 31.3 Å². The number of rotatable bonds is 5. The summed E-state index contributed by atoms with van der Waals surface area (Å²) in [6.45, 7) is 1.32. The van der Waals surface area contributed by atoms with E-state index in [9.17, 15) is 20.4 Å². The molecule has 0 saturated heterocycles. The molecule has 2 rings (SSSR count). The Kier molecular flexibility index (Phi) is 4.46. The molecule has 0 aliphatic heterocycles. The average Bonchev–Trinajstić information content (AvgIpc) is 2.95. The summed E-state index contributed by atoms with van der Waals surface area (Å²) < 4.78 is 0. The van der Waals surface area contributed by atoms with Crippen molar-refractivity contribution in [1.82, 2.24) is 15.0 Å². The second-order valence-corrected chi connectivity index (χ2v) is 4.56. The summed E-state index contributed by atoms with van der Waals surface area (Å²) in [6.07, 6.45) is -4.31. The van der Waals surface area contributed by atoms with Crippen molar-refractivity contribution >= 4 is 0 Å². The van der Waals surface area contributed by atoms with Crippen molar-refractivity contribution < 1.29 is 20.4 Å². The monoisotopic (exact) mass is 279 g/mol. The van der Waals surface area contributed by atoms with Gasteiger partial charge >= 0.3 is 0 Å². The number of aromatic nitrogens is 3. The maximum atomic E-state index is 9.93. The molecule has 20 heavy (non-hydrogen) atoms. The van der Waals surface area contributed by atoms with Gasteiger partial charge in [-0.15, -0.1) is 0 Å². The smallest absolute Gasteiger partial charge is 0.128 e. The van der Waals surface area contributed by atoms with E-state index in [2.05, 4.69) is 10.2 Å². The van der Waals surface area contributed by atoms with Crippen LogP contribution in [-0.2, 0) is 0 Å². The highest BCUT2D eigenvalue weighted by molar-refractivity contribution is 5.28. The molecule has 0 saturated carbocycles. The van der Waals surface area contributed by atoms with Gasteiger partial charge in [0, 0.05) is 0 Å². The molecule has 1 heterocycles. The van der Waals surface area contributed by atoms with E-state index in [-0.39, 0.29) is 5.69 Å². The van der Waals surface area contributed by atoms with Crippen LogP contribution in [-0.4, -0.2) is 53.7 Å². The molecule has 0 spiro atoms. The molecule has 0 radical (unpaired) electrons. The fraction of sp³-hybridized carbons (Fsp3) is 0.385. The quantitative estimate of drug-likeness (QED) is 0.582. The van der Waals surface area contributed by atoms with Gasteiger partial charge in [0.05, 0.1) is 18.0 Å². The molecule has 108 valence electrons. The number of hydrogen-bond donors (Lipinski definition) is 4. The molecule has 4 atom stereocenters. The maximum Gasteiger partial charge on any atom is 0.128 e. The largest absolute Gasteiger partial charge is 0.391 e. The minimum Gasteiger partial charge on any atom is -0.391 e. The van der Waals surface area contributed by atoms with Gasteiger partial charge in [-0.3, -0.25) is 0 Å². The van der Waals surface area contributed by atoms with E-state index in [1.165, 1.54) is 17.9 Å². The van der Waals surface area contributed by atoms with Crippen LogP contribution in [0.15, 0.2) is 36.5 Å². The average molecular weight is 279 g/mol. The van der Waals surface area contributed by atoms with Crippen LogP contribution >= 0.6 is 0 Å². The van der Waals surface area contributed by atoms with E-state index < -0.39 is 24.4 Å². The summed E-state index contributed by atoms with van der Waals surface area (Å²) in [4.78, 5) is 1.31. The SMILES string of the molecule is C[C@H](O)[C@@H](O)[C@@H](O)C(O)c1cnn(-c2ccccc2)n1. The summed E-state index contributed by atoms with van der Waals surface area (Å²) >= 11 is 0. The van der Waals surface area contributed by atoms with Crippen LogP contribution in [0.25, 0.3) is 5.69 Å². The molecule has 0 fully saturated rings. The first-order valence-electron chi connectivity index (χ1n) is 6.20. The normalized spacial score (nSPS) is 17.4. The van der Waals surface area contributed by atoms with E-state index in [0.717, 1.165) is 0 Å². The van der Waals surface area contributed by atoms with Gasteiger partial charge in [-0.2, -0.15) is 15.0 Å². The number of hydrogen-bond acceptors (Lipinski definition) is 6. The minimum atomic E-state index is -1.55. The Morgan fingerprint density at radius 3 is 2.25 bits per heavy atom. The Morgan fingerprint density at radius 2 is 1.65 bits per heavy atom. The number of aliphatic hydroxyl groups is 4. The molecular weight excluding hydrogens is 262 g/mol. The van der Waals surface area contributed by atoms with Gasteiger partial charge in [0.2, 0.25) is 0 Å². The third kappa shape index (κ3) is 3.02. The number of benzene rings is 1. The molecule has 2 aromatic rings. The second kappa shape index (κ2) is 6.10. The lowest BCUT2D eigenvalue weighted by molar-refractivity contribution is -0.102. The molecular formula is C13H17N3O4. The topological polar surface area (TPSA) is 112 Å². The Balaban J connectivity index is 2.16.